The number of hydrogen-bond donors (Lipinski definition) is 2. The van der Waals surface area contributed by atoms with Crippen molar-refractivity contribution in [2.75, 3.05) is 19.0 Å². The summed E-state index contributed by atoms with van der Waals surface area (Å²) in [6.45, 7) is 3.74. The van der Waals surface area contributed by atoms with Gasteiger partial charge in [0.1, 0.15) is 4.88 Å². The van der Waals surface area contributed by atoms with Crippen molar-refractivity contribution >= 4 is 51.2 Å². The van der Waals surface area contributed by atoms with Crippen LogP contribution in [0.1, 0.15) is 32.5 Å². The molecule has 1 aromatic carbocycles. The minimum Gasteiger partial charge on any atom is -0.490 e. The Morgan fingerprint density at radius 3 is 2.64 bits per heavy atom. The Hall–Kier alpha value is -3.05. The average molecular weight is 423 g/mol. The van der Waals surface area contributed by atoms with Crippen LogP contribution in [0.2, 0.25) is 0 Å². The summed E-state index contributed by atoms with van der Waals surface area (Å²) in [5.74, 6) is -1.01. The molecule has 1 amide bonds. The van der Waals surface area contributed by atoms with Crippen molar-refractivity contribution in [1.29, 1.82) is 0 Å². The minimum absolute atomic E-state index is 0.0138. The number of nitro groups is 1. The van der Waals surface area contributed by atoms with Crippen molar-refractivity contribution in [2.45, 2.75) is 13.8 Å². The smallest absolute Gasteiger partial charge is 0.348 e. The monoisotopic (exact) mass is 423 g/mol. The van der Waals surface area contributed by atoms with Crippen molar-refractivity contribution in [3.05, 3.63) is 50.4 Å². The first-order chi connectivity index (χ1) is 13.3. The van der Waals surface area contributed by atoms with Crippen molar-refractivity contribution in [3.8, 4) is 5.75 Å². The van der Waals surface area contributed by atoms with E-state index in [0.717, 1.165) is 17.4 Å². The van der Waals surface area contributed by atoms with Crippen LogP contribution in [0.3, 0.4) is 0 Å². The summed E-state index contributed by atoms with van der Waals surface area (Å²) in [5.41, 5.74) is 0.430. The standard InChI is InChI=1S/C17H17N3O6S2/c1-4-26-16(22)14-9(2)7-13(28-14)18-17(27)19-15(21)10-5-6-12(25-3)11(8-10)20(23)24/h5-8H,4H2,1-3H3,(H2,18,19,21,27). The van der Waals surface area contributed by atoms with Gasteiger partial charge >= 0.3 is 11.7 Å². The molecule has 0 aliphatic carbocycles. The largest absolute Gasteiger partial charge is 0.490 e. The van der Waals surface area contributed by atoms with E-state index in [2.05, 4.69) is 10.6 Å². The maximum atomic E-state index is 12.3. The molecule has 0 bridgehead atoms. The van der Waals surface area contributed by atoms with Gasteiger partial charge < -0.3 is 14.8 Å². The van der Waals surface area contributed by atoms with Gasteiger partial charge in [-0.05, 0) is 49.8 Å². The van der Waals surface area contributed by atoms with Gasteiger partial charge in [-0.2, -0.15) is 0 Å². The first-order valence-corrected chi connectivity index (χ1v) is 9.21. The van der Waals surface area contributed by atoms with Gasteiger partial charge in [-0.25, -0.2) is 4.79 Å². The van der Waals surface area contributed by atoms with E-state index in [9.17, 15) is 19.7 Å². The zero-order chi connectivity index (χ0) is 20.8. The number of aryl methyl sites for hydroxylation is 1. The molecule has 0 unspecified atom stereocenters. The number of carbonyl (C=O) groups excluding carboxylic acids is 2. The molecule has 11 heteroatoms. The molecule has 0 aliphatic rings. The zero-order valence-electron chi connectivity index (χ0n) is 15.2. The highest BCUT2D eigenvalue weighted by molar-refractivity contribution is 7.80. The fourth-order valence-corrected chi connectivity index (χ4v) is 3.47. The molecule has 0 radical (unpaired) electrons. The van der Waals surface area contributed by atoms with Crippen molar-refractivity contribution in [2.24, 2.45) is 0 Å². The van der Waals surface area contributed by atoms with Gasteiger partial charge in [0.25, 0.3) is 5.91 Å². The van der Waals surface area contributed by atoms with Gasteiger partial charge in [-0.3, -0.25) is 20.2 Å². The molecule has 2 aromatic rings. The van der Waals surface area contributed by atoms with Gasteiger partial charge in [0.15, 0.2) is 10.9 Å². The van der Waals surface area contributed by atoms with E-state index in [4.69, 9.17) is 21.7 Å². The molecule has 0 fully saturated rings. The summed E-state index contributed by atoms with van der Waals surface area (Å²) >= 11 is 6.24. The summed E-state index contributed by atoms with van der Waals surface area (Å²) in [6.07, 6.45) is 0. The molecule has 28 heavy (non-hydrogen) atoms. The molecule has 148 valence electrons. The Morgan fingerprint density at radius 1 is 1.32 bits per heavy atom. The number of esters is 1. The van der Waals surface area contributed by atoms with Crippen LogP contribution in [-0.4, -0.2) is 35.6 Å². The minimum atomic E-state index is -0.641. The third-order valence-electron chi connectivity index (χ3n) is 3.48. The summed E-state index contributed by atoms with van der Waals surface area (Å²) < 4.78 is 9.88. The number of amides is 1. The van der Waals surface area contributed by atoms with Crippen molar-refractivity contribution in [3.63, 3.8) is 0 Å². The topological polar surface area (TPSA) is 120 Å². The molecule has 0 spiro atoms. The fourth-order valence-electron chi connectivity index (χ4n) is 2.24. The molecule has 9 nitrogen and oxygen atoms in total. The number of thiocarbonyl (C=S) groups is 1. The number of methoxy groups -OCH3 is 1. The van der Waals surface area contributed by atoms with E-state index in [1.54, 1.807) is 19.9 Å². The predicted octanol–water partition coefficient (Wildman–Crippen LogP) is 3.28. The Bertz CT molecular complexity index is 941. The van der Waals surface area contributed by atoms with Crippen LogP contribution in [0.4, 0.5) is 10.7 Å². The Balaban J connectivity index is 2.08. The van der Waals surface area contributed by atoms with Crippen LogP contribution in [-0.2, 0) is 4.74 Å². The number of nitrogens with zero attached hydrogens (tertiary/aromatic N) is 1. The average Bonchev–Trinajstić information content (AvgIpc) is 3.01. The van der Waals surface area contributed by atoms with E-state index in [1.165, 1.54) is 19.2 Å². The van der Waals surface area contributed by atoms with E-state index in [-0.39, 0.29) is 28.7 Å². The molecule has 2 rings (SSSR count). The first-order valence-electron chi connectivity index (χ1n) is 7.99. The van der Waals surface area contributed by atoms with Crippen LogP contribution in [0.15, 0.2) is 24.3 Å². The predicted molar refractivity (Wildman–Crippen MR) is 108 cm³/mol. The third-order valence-corrected chi connectivity index (χ3v) is 4.82. The lowest BCUT2D eigenvalue weighted by molar-refractivity contribution is -0.385. The molecule has 0 aliphatic heterocycles. The van der Waals surface area contributed by atoms with Crippen LogP contribution in [0.5, 0.6) is 5.75 Å². The lowest BCUT2D eigenvalue weighted by Crippen LogP contribution is -2.33. The van der Waals surface area contributed by atoms with Crippen LogP contribution >= 0.6 is 23.6 Å². The Morgan fingerprint density at radius 2 is 2.04 bits per heavy atom. The molecule has 0 saturated heterocycles. The van der Waals surface area contributed by atoms with Gasteiger partial charge in [-0.15, -0.1) is 11.3 Å². The fraction of sp³-hybridized carbons (Fsp3) is 0.235. The lowest BCUT2D eigenvalue weighted by atomic mass is 10.2. The Labute approximate surface area is 169 Å². The van der Waals surface area contributed by atoms with Crippen LogP contribution in [0, 0.1) is 17.0 Å². The summed E-state index contributed by atoms with van der Waals surface area (Å²) in [6, 6.07) is 5.52. The third kappa shape index (κ3) is 5.02. The van der Waals surface area contributed by atoms with Gasteiger partial charge in [0, 0.05) is 11.6 Å². The second kappa shape index (κ2) is 9.24. The quantitative estimate of drug-likeness (QED) is 0.314. The molecular weight excluding hydrogens is 406 g/mol. The van der Waals surface area contributed by atoms with Gasteiger partial charge in [0.2, 0.25) is 0 Å². The molecule has 1 aromatic heterocycles. The van der Waals surface area contributed by atoms with Crippen LogP contribution < -0.4 is 15.4 Å². The number of nitro benzene ring substituents is 1. The van der Waals surface area contributed by atoms with Crippen LogP contribution in [0.25, 0.3) is 0 Å². The number of rotatable bonds is 6. The van der Waals surface area contributed by atoms with Crippen molar-refractivity contribution in [1.82, 2.24) is 5.32 Å². The highest BCUT2D eigenvalue weighted by Crippen LogP contribution is 2.28. The lowest BCUT2D eigenvalue weighted by Gasteiger charge is -2.08. The van der Waals surface area contributed by atoms with Gasteiger partial charge in [-0.1, -0.05) is 0 Å². The number of hydrogen-bond acceptors (Lipinski definition) is 8. The van der Waals surface area contributed by atoms with Gasteiger partial charge in [0.05, 0.1) is 23.6 Å². The highest BCUT2D eigenvalue weighted by Gasteiger charge is 2.19. The van der Waals surface area contributed by atoms with E-state index < -0.39 is 16.8 Å². The molecular formula is C17H17N3O6S2. The molecule has 1 heterocycles. The van der Waals surface area contributed by atoms with E-state index in [0.29, 0.717) is 15.4 Å². The maximum absolute atomic E-state index is 12.3. The number of carbonyl (C=O) groups is 2. The first kappa shape index (κ1) is 21.3. The van der Waals surface area contributed by atoms with E-state index >= 15 is 0 Å². The molecule has 0 atom stereocenters. The number of nitrogens with one attached hydrogen (secondary N) is 2. The highest BCUT2D eigenvalue weighted by atomic mass is 32.1. The normalized spacial score (nSPS) is 10.1. The number of benzene rings is 1. The van der Waals surface area contributed by atoms with E-state index in [1.807, 2.05) is 0 Å². The zero-order valence-corrected chi connectivity index (χ0v) is 16.9. The number of anilines is 1. The maximum Gasteiger partial charge on any atom is 0.348 e. The molecule has 0 saturated carbocycles. The SMILES string of the molecule is CCOC(=O)c1sc(NC(=S)NC(=O)c2ccc(OC)c([N+](=O)[O-])c2)cc1C. The molecule has 2 N–H and O–H groups in total. The summed E-state index contributed by atoms with van der Waals surface area (Å²) in [5, 5.41) is 16.9. The number of ether oxygens (including phenoxy) is 2. The second-order valence-corrected chi connectivity index (χ2v) is 6.86. The second-order valence-electron chi connectivity index (χ2n) is 5.40. The summed E-state index contributed by atoms with van der Waals surface area (Å²) in [7, 11) is 1.30. The van der Waals surface area contributed by atoms with Crippen molar-refractivity contribution < 1.29 is 24.0 Å². The summed E-state index contributed by atoms with van der Waals surface area (Å²) in [4.78, 5) is 35.0. The Kier molecular flexibility index (Phi) is 7.01. The number of thiophene rings is 1.